The summed E-state index contributed by atoms with van der Waals surface area (Å²) in [5.41, 5.74) is 0.247. The highest BCUT2D eigenvalue weighted by Crippen LogP contribution is 2.36. The first-order valence-electron chi connectivity index (χ1n) is 10.3. The van der Waals surface area contributed by atoms with Crippen molar-refractivity contribution in [3.8, 4) is 28.6 Å². The van der Waals surface area contributed by atoms with Crippen molar-refractivity contribution in [1.29, 1.82) is 0 Å². The fourth-order valence-corrected chi connectivity index (χ4v) is 3.84. The molecule has 1 saturated heterocycles. The van der Waals surface area contributed by atoms with Crippen LogP contribution < -0.4 is 24.4 Å². The fourth-order valence-electron chi connectivity index (χ4n) is 3.57. The molecule has 2 amide bonds. The van der Waals surface area contributed by atoms with Crippen LogP contribution in [-0.2, 0) is 9.59 Å². The number of amides is 2. The minimum absolute atomic E-state index is 0.118. The lowest BCUT2D eigenvalue weighted by atomic mass is 10.1. The zero-order chi connectivity index (χ0) is 26.0. The highest BCUT2D eigenvalue weighted by Gasteiger charge is 2.36. The average molecular weight is 509 g/mol. The number of nitrogens with one attached hydrogen (secondary N) is 1. The number of hydrogen-bond acceptors (Lipinski definition) is 9. The molecule has 36 heavy (non-hydrogen) atoms. The molecule has 2 heterocycles. The number of methoxy groups -OCH3 is 3. The molecule has 184 valence electrons. The summed E-state index contributed by atoms with van der Waals surface area (Å²) in [5.74, 6) is 0.160. The Morgan fingerprint density at radius 1 is 1.00 bits per heavy atom. The van der Waals surface area contributed by atoms with Gasteiger partial charge in [-0.2, -0.15) is 0 Å². The van der Waals surface area contributed by atoms with Crippen LogP contribution >= 0.6 is 12.2 Å². The topological polar surface area (TPSA) is 133 Å². The Bertz CT molecular complexity index is 1430. The van der Waals surface area contributed by atoms with Gasteiger partial charge in [-0.15, -0.1) is 0 Å². The summed E-state index contributed by atoms with van der Waals surface area (Å²) in [5, 5.41) is 13.6. The van der Waals surface area contributed by atoms with Gasteiger partial charge in [0, 0.05) is 18.2 Å². The molecule has 11 nitrogen and oxygen atoms in total. The molecule has 0 aliphatic carbocycles. The first kappa shape index (κ1) is 24.4. The van der Waals surface area contributed by atoms with Gasteiger partial charge in [0.25, 0.3) is 17.5 Å². The minimum atomic E-state index is -0.709. The van der Waals surface area contributed by atoms with E-state index in [1.165, 1.54) is 51.7 Å². The molecule has 0 spiro atoms. The molecule has 0 unspecified atom stereocenters. The van der Waals surface area contributed by atoms with Gasteiger partial charge in [-0.25, -0.2) is 4.90 Å². The maximum atomic E-state index is 13.4. The average Bonchev–Trinajstić information content (AvgIpc) is 3.34. The van der Waals surface area contributed by atoms with Crippen LogP contribution in [0.25, 0.3) is 17.4 Å². The first-order valence-corrected chi connectivity index (χ1v) is 10.7. The van der Waals surface area contributed by atoms with Crippen LogP contribution in [0.2, 0.25) is 0 Å². The predicted molar refractivity (Wildman–Crippen MR) is 133 cm³/mol. The summed E-state index contributed by atoms with van der Waals surface area (Å²) in [6, 6.07) is 11.9. The van der Waals surface area contributed by atoms with E-state index in [1.807, 2.05) is 0 Å². The Balaban J connectivity index is 1.72. The van der Waals surface area contributed by atoms with E-state index in [2.05, 4.69) is 5.32 Å². The number of nitro benzene ring substituents is 1. The number of carbonyl (C=O) groups excluding carboxylic acids is 2. The highest BCUT2D eigenvalue weighted by atomic mass is 32.1. The predicted octanol–water partition coefficient (Wildman–Crippen LogP) is 3.71. The molecule has 0 bridgehead atoms. The molecule has 1 aliphatic rings. The second-order valence-corrected chi connectivity index (χ2v) is 7.73. The van der Waals surface area contributed by atoms with Crippen LogP contribution in [0.1, 0.15) is 5.76 Å². The molecule has 3 aromatic rings. The van der Waals surface area contributed by atoms with Gasteiger partial charge in [-0.05, 0) is 48.6 Å². The third kappa shape index (κ3) is 4.49. The first-order chi connectivity index (χ1) is 17.3. The third-order valence-electron chi connectivity index (χ3n) is 5.30. The zero-order valence-corrected chi connectivity index (χ0v) is 20.1. The minimum Gasteiger partial charge on any atom is -0.497 e. The Labute approximate surface area is 210 Å². The lowest BCUT2D eigenvalue weighted by Crippen LogP contribution is -2.54. The van der Waals surface area contributed by atoms with Gasteiger partial charge < -0.3 is 18.6 Å². The highest BCUT2D eigenvalue weighted by molar-refractivity contribution is 7.80. The summed E-state index contributed by atoms with van der Waals surface area (Å²) < 4.78 is 21.6. The van der Waals surface area contributed by atoms with Crippen LogP contribution in [0.5, 0.6) is 17.2 Å². The second kappa shape index (κ2) is 9.88. The maximum absolute atomic E-state index is 13.4. The van der Waals surface area contributed by atoms with E-state index in [-0.39, 0.29) is 27.9 Å². The fraction of sp³-hybridized carbons (Fsp3) is 0.125. The quantitative estimate of drug-likeness (QED) is 0.166. The SMILES string of the molecule is COc1ccc(N2C(=O)/C(=C/c3ccc(-c4cc([N+](=O)[O-])ccc4OC)o3)C(=O)NC2=S)c(OC)c1. The van der Waals surface area contributed by atoms with Crippen molar-refractivity contribution in [2.45, 2.75) is 0 Å². The second-order valence-electron chi connectivity index (χ2n) is 7.34. The van der Waals surface area contributed by atoms with Crippen LogP contribution in [0.3, 0.4) is 0 Å². The van der Waals surface area contributed by atoms with E-state index in [0.29, 0.717) is 28.5 Å². The molecule has 0 saturated carbocycles. The van der Waals surface area contributed by atoms with Gasteiger partial charge in [-0.3, -0.25) is 25.0 Å². The lowest BCUT2D eigenvalue weighted by Gasteiger charge is -2.29. The van der Waals surface area contributed by atoms with Crippen LogP contribution in [0.15, 0.2) is 58.5 Å². The van der Waals surface area contributed by atoms with E-state index in [1.54, 1.807) is 24.3 Å². The van der Waals surface area contributed by atoms with Gasteiger partial charge in [0.05, 0.1) is 37.5 Å². The Morgan fingerprint density at radius 2 is 1.75 bits per heavy atom. The number of hydrogen-bond donors (Lipinski definition) is 1. The molecule has 12 heteroatoms. The number of rotatable bonds is 7. The summed E-state index contributed by atoms with van der Waals surface area (Å²) in [4.78, 5) is 37.8. The molecule has 0 radical (unpaired) electrons. The Morgan fingerprint density at radius 3 is 2.42 bits per heavy atom. The smallest absolute Gasteiger partial charge is 0.270 e. The summed E-state index contributed by atoms with van der Waals surface area (Å²) in [6.45, 7) is 0. The lowest BCUT2D eigenvalue weighted by molar-refractivity contribution is -0.384. The van der Waals surface area contributed by atoms with E-state index in [0.717, 1.165) is 4.90 Å². The van der Waals surface area contributed by atoms with E-state index in [9.17, 15) is 19.7 Å². The number of ether oxygens (including phenoxy) is 3. The van der Waals surface area contributed by atoms with Gasteiger partial charge in [-0.1, -0.05) is 0 Å². The summed E-state index contributed by atoms with van der Waals surface area (Å²) in [6.07, 6.45) is 1.26. The van der Waals surface area contributed by atoms with Crippen LogP contribution in [-0.4, -0.2) is 43.2 Å². The number of nitro groups is 1. The molecule has 4 rings (SSSR count). The largest absolute Gasteiger partial charge is 0.497 e. The van der Waals surface area contributed by atoms with Gasteiger partial charge in [0.1, 0.15) is 34.3 Å². The van der Waals surface area contributed by atoms with Crippen molar-refractivity contribution in [1.82, 2.24) is 5.32 Å². The van der Waals surface area contributed by atoms with E-state index >= 15 is 0 Å². The Hall–Kier alpha value is -4.71. The number of thiocarbonyl (C=S) groups is 1. The van der Waals surface area contributed by atoms with Crippen molar-refractivity contribution in [2.24, 2.45) is 0 Å². The van der Waals surface area contributed by atoms with Gasteiger partial charge in [0.15, 0.2) is 5.11 Å². The van der Waals surface area contributed by atoms with Crippen molar-refractivity contribution in [3.05, 3.63) is 70.0 Å². The van der Waals surface area contributed by atoms with Crippen molar-refractivity contribution < 1.29 is 33.1 Å². The number of nitrogens with zero attached hydrogens (tertiary/aromatic N) is 2. The van der Waals surface area contributed by atoms with Gasteiger partial charge >= 0.3 is 0 Å². The standard InChI is InChI=1S/C24H19N3O8S/c1-32-14-5-7-18(21(12-14)34-3)26-23(29)17(22(28)25-24(26)36)11-15-6-9-20(35-15)16-10-13(27(30)31)4-8-19(16)33-2/h4-12H,1-3H3,(H,25,28,36)/b17-11+. The molecular formula is C24H19N3O8S. The summed E-state index contributed by atoms with van der Waals surface area (Å²) in [7, 11) is 4.34. The number of non-ortho nitro benzene ring substituents is 1. The zero-order valence-electron chi connectivity index (χ0n) is 19.3. The summed E-state index contributed by atoms with van der Waals surface area (Å²) >= 11 is 5.25. The number of benzene rings is 2. The van der Waals surface area contributed by atoms with E-state index in [4.69, 9.17) is 30.8 Å². The molecule has 1 aromatic heterocycles. The van der Waals surface area contributed by atoms with Crippen molar-refractivity contribution >= 4 is 46.6 Å². The number of furan rings is 1. The number of carbonyl (C=O) groups is 2. The van der Waals surface area contributed by atoms with E-state index < -0.39 is 16.7 Å². The van der Waals surface area contributed by atoms with Gasteiger partial charge in [0.2, 0.25) is 0 Å². The Kier molecular flexibility index (Phi) is 6.70. The van der Waals surface area contributed by atoms with Crippen molar-refractivity contribution in [2.75, 3.05) is 26.2 Å². The molecular weight excluding hydrogens is 490 g/mol. The van der Waals surface area contributed by atoms with Crippen molar-refractivity contribution in [3.63, 3.8) is 0 Å². The molecule has 1 N–H and O–H groups in total. The maximum Gasteiger partial charge on any atom is 0.270 e. The molecule has 1 aliphatic heterocycles. The molecule has 1 fully saturated rings. The normalized spacial score (nSPS) is 14.6. The molecule has 2 aromatic carbocycles. The molecule has 0 atom stereocenters. The monoisotopic (exact) mass is 509 g/mol. The third-order valence-corrected chi connectivity index (χ3v) is 5.59. The van der Waals surface area contributed by atoms with Crippen LogP contribution in [0.4, 0.5) is 11.4 Å². The van der Waals surface area contributed by atoms with Crippen LogP contribution in [0, 0.1) is 10.1 Å². The number of anilines is 1.